The summed E-state index contributed by atoms with van der Waals surface area (Å²) in [7, 11) is 0. The Morgan fingerprint density at radius 1 is 1.53 bits per heavy atom. The molecule has 6 heteroatoms. The topological polar surface area (TPSA) is 97.6 Å². The summed E-state index contributed by atoms with van der Waals surface area (Å²) in [6.45, 7) is 5.17. The normalized spacial score (nSPS) is 10.5. The maximum Gasteiger partial charge on any atom is 0.223 e. The van der Waals surface area contributed by atoms with Crippen LogP contribution in [0.5, 0.6) is 0 Å². The molecule has 0 aliphatic carbocycles. The smallest absolute Gasteiger partial charge is 0.223 e. The zero-order chi connectivity index (χ0) is 11.0. The van der Waals surface area contributed by atoms with Crippen molar-refractivity contribution in [3.63, 3.8) is 0 Å². The Morgan fingerprint density at radius 2 is 2.27 bits per heavy atom. The van der Waals surface area contributed by atoms with E-state index >= 15 is 0 Å². The predicted molar refractivity (Wildman–Crippen MR) is 55.2 cm³/mol. The van der Waals surface area contributed by atoms with Crippen LogP contribution in [-0.4, -0.2) is 25.7 Å². The summed E-state index contributed by atoms with van der Waals surface area (Å²) in [5.74, 6) is 0.0901. The Bertz CT molecular complexity index is 557. The van der Waals surface area contributed by atoms with Crippen molar-refractivity contribution >= 4 is 22.9 Å². The molecular formula is C9H9N5O. The Morgan fingerprint density at radius 3 is 2.93 bits per heavy atom. The summed E-state index contributed by atoms with van der Waals surface area (Å²) >= 11 is 0. The van der Waals surface area contributed by atoms with Crippen molar-refractivity contribution in [2.24, 2.45) is 0 Å². The summed E-state index contributed by atoms with van der Waals surface area (Å²) in [5, 5.41) is 0. The minimum atomic E-state index is -0.244. The number of imidazole rings is 1. The molecule has 0 amide bonds. The van der Waals surface area contributed by atoms with Gasteiger partial charge in [-0.3, -0.25) is 4.79 Å². The molecule has 2 heterocycles. The number of Topliss-reactive ketones (excluding diaryl/α,β-unsaturated/α-hetero) is 1. The summed E-state index contributed by atoms with van der Waals surface area (Å²) in [5.41, 5.74) is 6.76. The second-order valence-electron chi connectivity index (χ2n) is 3.16. The number of fused-ring (bicyclic) bond motifs is 1. The molecule has 0 bridgehead atoms. The summed E-state index contributed by atoms with van der Waals surface area (Å²) in [6.07, 6.45) is 1.49. The van der Waals surface area contributed by atoms with Crippen LogP contribution in [0.4, 0.5) is 5.95 Å². The molecule has 2 aromatic rings. The van der Waals surface area contributed by atoms with Gasteiger partial charge in [0.1, 0.15) is 5.52 Å². The molecule has 0 radical (unpaired) electrons. The van der Waals surface area contributed by atoms with Gasteiger partial charge in [0.05, 0.1) is 6.20 Å². The predicted octanol–water partition coefficient (Wildman–Crippen LogP) is 0.694. The average Bonchev–Trinajstić information content (AvgIpc) is 2.58. The molecule has 6 nitrogen and oxygen atoms in total. The van der Waals surface area contributed by atoms with Crippen LogP contribution in [0.1, 0.15) is 17.5 Å². The number of nitrogens with zero attached hydrogens (tertiary/aromatic N) is 3. The van der Waals surface area contributed by atoms with E-state index in [0.29, 0.717) is 16.7 Å². The number of ketones is 1. The SMILES string of the molecule is C=C(C)C(=O)c1nc2nc(N)ncc2[nH]1. The quantitative estimate of drug-likeness (QED) is 0.552. The van der Waals surface area contributed by atoms with Crippen molar-refractivity contribution in [3.05, 3.63) is 24.2 Å². The van der Waals surface area contributed by atoms with Gasteiger partial charge in [-0.15, -0.1) is 0 Å². The third-order valence-electron chi connectivity index (χ3n) is 1.86. The monoisotopic (exact) mass is 203 g/mol. The molecule has 0 atom stereocenters. The molecular weight excluding hydrogens is 194 g/mol. The van der Waals surface area contributed by atoms with Crippen LogP contribution in [0, 0.1) is 0 Å². The number of anilines is 1. The minimum absolute atomic E-state index is 0.128. The number of carbonyl (C=O) groups excluding carboxylic acids is 1. The number of nitrogens with two attached hydrogens (primary N) is 1. The van der Waals surface area contributed by atoms with E-state index in [2.05, 4.69) is 26.5 Å². The zero-order valence-corrected chi connectivity index (χ0v) is 8.11. The average molecular weight is 203 g/mol. The fraction of sp³-hybridized carbons (Fsp3) is 0.111. The van der Waals surface area contributed by atoms with E-state index in [0.717, 1.165) is 0 Å². The second kappa shape index (κ2) is 3.16. The molecule has 0 spiro atoms. The van der Waals surface area contributed by atoms with Crippen molar-refractivity contribution in [3.8, 4) is 0 Å². The first-order valence-electron chi connectivity index (χ1n) is 4.26. The van der Waals surface area contributed by atoms with Gasteiger partial charge in [-0.2, -0.15) is 4.98 Å². The third-order valence-corrected chi connectivity index (χ3v) is 1.86. The van der Waals surface area contributed by atoms with Crippen molar-refractivity contribution in [1.82, 2.24) is 19.9 Å². The fourth-order valence-electron chi connectivity index (χ4n) is 1.13. The number of nitrogen functional groups attached to an aromatic ring is 1. The minimum Gasteiger partial charge on any atom is -0.368 e. The van der Waals surface area contributed by atoms with E-state index in [1.165, 1.54) is 6.20 Å². The van der Waals surface area contributed by atoms with Crippen LogP contribution in [0.2, 0.25) is 0 Å². The van der Waals surface area contributed by atoms with E-state index in [-0.39, 0.29) is 17.6 Å². The number of hydrogen-bond acceptors (Lipinski definition) is 5. The highest BCUT2D eigenvalue weighted by molar-refractivity contribution is 6.06. The van der Waals surface area contributed by atoms with Gasteiger partial charge >= 0.3 is 0 Å². The van der Waals surface area contributed by atoms with Crippen molar-refractivity contribution in [1.29, 1.82) is 0 Å². The molecule has 0 aliphatic heterocycles. The molecule has 0 fully saturated rings. The fourth-order valence-corrected chi connectivity index (χ4v) is 1.13. The number of rotatable bonds is 2. The number of aromatic amines is 1. The highest BCUT2D eigenvalue weighted by Gasteiger charge is 2.12. The molecule has 0 saturated heterocycles. The molecule has 76 valence electrons. The lowest BCUT2D eigenvalue weighted by molar-refractivity contribution is 0.102. The van der Waals surface area contributed by atoms with E-state index < -0.39 is 0 Å². The number of nitrogens with one attached hydrogen (secondary N) is 1. The number of H-pyrrole nitrogens is 1. The Kier molecular flexibility index (Phi) is 1.96. The molecule has 15 heavy (non-hydrogen) atoms. The Labute approximate surface area is 85.3 Å². The maximum atomic E-state index is 11.5. The third kappa shape index (κ3) is 1.56. The van der Waals surface area contributed by atoms with E-state index in [1.807, 2.05) is 0 Å². The van der Waals surface area contributed by atoms with E-state index in [9.17, 15) is 4.79 Å². The molecule has 2 aromatic heterocycles. The number of hydrogen-bond donors (Lipinski definition) is 2. The van der Waals surface area contributed by atoms with Crippen molar-refractivity contribution in [2.75, 3.05) is 5.73 Å². The van der Waals surface area contributed by atoms with Gasteiger partial charge in [-0.05, 0) is 12.5 Å². The van der Waals surface area contributed by atoms with E-state index in [4.69, 9.17) is 5.73 Å². The molecule has 0 unspecified atom stereocenters. The number of allylic oxidation sites excluding steroid dienone is 1. The Balaban J connectivity index is 2.56. The standard InChI is InChI=1S/C9H9N5O/c1-4(2)6(15)8-12-5-3-11-9(10)14-7(5)13-8/h3H,1H2,2H3,(H3,10,11,12,13,14). The Hall–Kier alpha value is -2.24. The van der Waals surface area contributed by atoms with Crippen LogP contribution < -0.4 is 5.73 Å². The largest absolute Gasteiger partial charge is 0.368 e. The van der Waals surface area contributed by atoms with Crippen LogP contribution in [0.3, 0.4) is 0 Å². The highest BCUT2D eigenvalue weighted by atomic mass is 16.1. The van der Waals surface area contributed by atoms with Gasteiger partial charge in [0.15, 0.2) is 11.5 Å². The van der Waals surface area contributed by atoms with Crippen molar-refractivity contribution < 1.29 is 4.79 Å². The lowest BCUT2D eigenvalue weighted by Crippen LogP contribution is -2.01. The first kappa shape index (κ1) is 9.32. The first-order chi connectivity index (χ1) is 7.08. The van der Waals surface area contributed by atoms with Crippen LogP contribution in [0.15, 0.2) is 18.3 Å². The second-order valence-corrected chi connectivity index (χ2v) is 3.16. The summed E-state index contributed by atoms with van der Waals surface area (Å²) in [6, 6.07) is 0. The van der Waals surface area contributed by atoms with Crippen LogP contribution >= 0.6 is 0 Å². The first-order valence-corrected chi connectivity index (χ1v) is 4.26. The van der Waals surface area contributed by atoms with Gasteiger partial charge in [0, 0.05) is 0 Å². The lowest BCUT2D eigenvalue weighted by Gasteiger charge is -1.91. The molecule has 0 aromatic carbocycles. The van der Waals surface area contributed by atoms with Gasteiger partial charge in [0.25, 0.3) is 0 Å². The summed E-state index contributed by atoms with van der Waals surface area (Å²) in [4.78, 5) is 26.0. The maximum absolute atomic E-state index is 11.5. The highest BCUT2D eigenvalue weighted by Crippen LogP contribution is 2.10. The number of carbonyl (C=O) groups is 1. The van der Waals surface area contributed by atoms with Crippen LogP contribution in [0.25, 0.3) is 11.2 Å². The van der Waals surface area contributed by atoms with Gasteiger partial charge in [-0.1, -0.05) is 6.58 Å². The molecule has 0 aliphatic rings. The summed E-state index contributed by atoms with van der Waals surface area (Å²) < 4.78 is 0. The molecule has 0 saturated carbocycles. The van der Waals surface area contributed by atoms with Gasteiger partial charge in [0.2, 0.25) is 11.7 Å². The zero-order valence-electron chi connectivity index (χ0n) is 8.11. The molecule has 3 N–H and O–H groups in total. The molecule has 2 rings (SSSR count). The van der Waals surface area contributed by atoms with Crippen LogP contribution in [-0.2, 0) is 0 Å². The van der Waals surface area contributed by atoms with Gasteiger partial charge in [-0.25, -0.2) is 9.97 Å². The van der Waals surface area contributed by atoms with E-state index in [1.54, 1.807) is 6.92 Å². The van der Waals surface area contributed by atoms with Gasteiger partial charge < -0.3 is 10.7 Å². The van der Waals surface area contributed by atoms with Crippen molar-refractivity contribution in [2.45, 2.75) is 6.92 Å². The number of aromatic nitrogens is 4. The lowest BCUT2D eigenvalue weighted by atomic mass is 10.2.